The summed E-state index contributed by atoms with van der Waals surface area (Å²) in [6.07, 6.45) is 3.51. The predicted octanol–water partition coefficient (Wildman–Crippen LogP) is 3.13. The third-order valence-corrected chi connectivity index (χ3v) is 3.36. The lowest BCUT2D eigenvalue weighted by Crippen LogP contribution is -2.04. The van der Waals surface area contributed by atoms with Crippen molar-refractivity contribution in [2.24, 2.45) is 0 Å². The normalized spacial score (nSPS) is 10.7. The standard InChI is InChI=1S/C15H14ClN5/c1-2-8-17-15-12-13(14(16)19-20-15)21(10-18-12)9-11-6-4-3-5-7-11/h2-7,10H,1,8-9H2,(H,17,20). The average molecular weight is 300 g/mol. The summed E-state index contributed by atoms with van der Waals surface area (Å²) < 4.78 is 1.97. The fraction of sp³-hybridized carbons (Fsp3) is 0.133. The molecule has 0 saturated carbocycles. The molecule has 2 aromatic heterocycles. The summed E-state index contributed by atoms with van der Waals surface area (Å²) in [5, 5.41) is 11.5. The second-order valence-corrected chi connectivity index (χ2v) is 4.92. The maximum Gasteiger partial charge on any atom is 0.177 e. The number of halogens is 1. The van der Waals surface area contributed by atoms with Crippen LogP contribution in [0.3, 0.4) is 0 Å². The van der Waals surface area contributed by atoms with Gasteiger partial charge >= 0.3 is 0 Å². The van der Waals surface area contributed by atoms with Gasteiger partial charge in [-0.05, 0) is 5.56 Å². The highest BCUT2D eigenvalue weighted by Gasteiger charge is 2.13. The van der Waals surface area contributed by atoms with E-state index >= 15 is 0 Å². The molecule has 106 valence electrons. The summed E-state index contributed by atoms with van der Waals surface area (Å²) in [4.78, 5) is 4.41. The molecule has 0 amide bonds. The van der Waals surface area contributed by atoms with Crippen LogP contribution in [0.2, 0.25) is 5.15 Å². The molecule has 0 aliphatic carbocycles. The molecular formula is C15H14ClN5. The Balaban J connectivity index is 2.02. The van der Waals surface area contributed by atoms with Gasteiger partial charge in [-0.3, -0.25) is 0 Å². The maximum atomic E-state index is 6.19. The Morgan fingerprint density at radius 3 is 2.81 bits per heavy atom. The second kappa shape index (κ2) is 5.93. The van der Waals surface area contributed by atoms with Crippen molar-refractivity contribution in [3.63, 3.8) is 0 Å². The zero-order valence-electron chi connectivity index (χ0n) is 11.3. The molecule has 1 N–H and O–H groups in total. The van der Waals surface area contributed by atoms with Crippen LogP contribution in [-0.4, -0.2) is 26.3 Å². The van der Waals surface area contributed by atoms with Gasteiger partial charge in [-0.25, -0.2) is 4.98 Å². The van der Waals surface area contributed by atoms with Crippen molar-refractivity contribution in [2.45, 2.75) is 6.54 Å². The van der Waals surface area contributed by atoms with E-state index in [1.165, 1.54) is 5.56 Å². The molecule has 0 radical (unpaired) electrons. The lowest BCUT2D eigenvalue weighted by Gasteiger charge is -2.07. The Kier molecular flexibility index (Phi) is 3.83. The SMILES string of the molecule is C=CCNc1nnc(Cl)c2c1ncn2Cc1ccccc1. The molecule has 3 rings (SSSR count). The van der Waals surface area contributed by atoms with Crippen LogP contribution in [0.25, 0.3) is 11.0 Å². The summed E-state index contributed by atoms with van der Waals surface area (Å²) in [6.45, 7) is 4.95. The van der Waals surface area contributed by atoms with E-state index in [4.69, 9.17) is 11.6 Å². The van der Waals surface area contributed by atoms with Gasteiger partial charge in [0.15, 0.2) is 11.0 Å². The monoisotopic (exact) mass is 299 g/mol. The first kappa shape index (κ1) is 13.6. The lowest BCUT2D eigenvalue weighted by molar-refractivity contribution is 0.821. The molecule has 0 fully saturated rings. The lowest BCUT2D eigenvalue weighted by atomic mass is 10.2. The highest BCUT2D eigenvalue weighted by Crippen LogP contribution is 2.25. The first-order chi connectivity index (χ1) is 10.3. The minimum atomic E-state index is 0.350. The fourth-order valence-electron chi connectivity index (χ4n) is 2.15. The Morgan fingerprint density at radius 1 is 1.24 bits per heavy atom. The second-order valence-electron chi connectivity index (χ2n) is 4.56. The number of fused-ring (bicyclic) bond motifs is 1. The van der Waals surface area contributed by atoms with Gasteiger partial charge in [0.25, 0.3) is 0 Å². The van der Waals surface area contributed by atoms with E-state index in [2.05, 4.69) is 39.2 Å². The third-order valence-electron chi connectivity index (χ3n) is 3.10. The third kappa shape index (κ3) is 2.73. The van der Waals surface area contributed by atoms with Crippen molar-refractivity contribution in [2.75, 3.05) is 11.9 Å². The zero-order chi connectivity index (χ0) is 14.7. The van der Waals surface area contributed by atoms with Crippen LogP contribution in [0.15, 0.2) is 49.3 Å². The van der Waals surface area contributed by atoms with Crippen LogP contribution >= 0.6 is 11.6 Å². The Bertz CT molecular complexity index is 766. The van der Waals surface area contributed by atoms with Gasteiger partial charge in [0.1, 0.15) is 11.0 Å². The van der Waals surface area contributed by atoms with Gasteiger partial charge < -0.3 is 9.88 Å². The minimum Gasteiger partial charge on any atom is -0.363 e. The number of hydrogen-bond acceptors (Lipinski definition) is 4. The maximum absolute atomic E-state index is 6.19. The Hall–Kier alpha value is -2.40. The summed E-state index contributed by atoms with van der Waals surface area (Å²) in [5.74, 6) is 0.612. The smallest absolute Gasteiger partial charge is 0.177 e. The number of anilines is 1. The van der Waals surface area contributed by atoms with E-state index in [-0.39, 0.29) is 0 Å². The summed E-state index contributed by atoms with van der Waals surface area (Å²) >= 11 is 6.19. The molecule has 0 saturated heterocycles. The van der Waals surface area contributed by atoms with E-state index in [1.54, 1.807) is 12.4 Å². The van der Waals surface area contributed by atoms with Gasteiger partial charge in [0.05, 0.1) is 6.33 Å². The molecular weight excluding hydrogens is 286 g/mol. The average Bonchev–Trinajstić information content (AvgIpc) is 2.93. The molecule has 0 aliphatic heterocycles. The zero-order valence-corrected chi connectivity index (χ0v) is 12.1. The van der Waals surface area contributed by atoms with Gasteiger partial charge in [-0.1, -0.05) is 48.0 Å². The van der Waals surface area contributed by atoms with Crippen molar-refractivity contribution >= 4 is 28.5 Å². The van der Waals surface area contributed by atoms with Crippen molar-refractivity contribution in [3.8, 4) is 0 Å². The van der Waals surface area contributed by atoms with E-state index in [9.17, 15) is 0 Å². The molecule has 5 nitrogen and oxygen atoms in total. The van der Waals surface area contributed by atoms with Crippen LogP contribution in [0, 0.1) is 0 Å². The molecule has 1 aromatic carbocycles. The predicted molar refractivity (Wildman–Crippen MR) is 84.6 cm³/mol. The number of hydrogen-bond donors (Lipinski definition) is 1. The molecule has 0 bridgehead atoms. The molecule has 0 atom stereocenters. The van der Waals surface area contributed by atoms with E-state index in [0.29, 0.717) is 29.6 Å². The van der Waals surface area contributed by atoms with E-state index in [1.807, 2.05) is 22.8 Å². The number of nitrogens with zero attached hydrogens (tertiary/aromatic N) is 4. The molecule has 21 heavy (non-hydrogen) atoms. The first-order valence-corrected chi connectivity index (χ1v) is 6.93. The van der Waals surface area contributed by atoms with Crippen LogP contribution < -0.4 is 5.32 Å². The molecule has 0 aliphatic rings. The number of benzene rings is 1. The highest BCUT2D eigenvalue weighted by molar-refractivity contribution is 6.33. The van der Waals surface area contributed by atoms with Crippen LogP contribution in [0.1, 0.15) is 5.56 Å². The number of rotatable bonds is 5. The quantitative estimate of drug-likeness (QED) is 0.735. The Morgan fingerprint density at radius 2 is 2.05 bits per heavy atom. The number of aromatic nitrogens is 4. The number of imidazole rings is 1. The van der Waals surface area contributed by atoms with Crippen molar-refractivity contribution in [1.82, 2.24) is 19.7 Å². The largest absolute Gasteiger partial charge is 0.363 e. The summed E-state index contributed by atoms with van der Waals surface area (Å²) in [6, 6.07) is 10.1. The van der Waals surface area contributed by atoms with E-state index in [0.717, 1.165) is 5.52 Å². The van der Waals surface area contributed by atoms with Gasteiger partial charge in [-0.15, -0.1) is 16.8 Å². The van der Waals surface area contributed by atoms with Crippen LogP contribution in [0.4, 0.5) is 5.82 Å². The Labute approximate surface area is 127 Å². The van der Waals surface area contributed by atoms with Crippen LogP contribution in [-0.2, 0) is 6.54 Å². The van der Waals surface area contributed by atoms with Crippen LogP contribution in [0.5, 0.6) is 0 Å². The van der Waals surface area contributed by atoms with Gasteiger partial charge in [0, 0.05) is 13.1 Å². The topological polar surface area (TPSA) is 55.6 Å². The highest BCUT2D eigenvalue weighted by atomic mass is 35.5. The first-order valence-electron chi connectivity index (χ1n) is 6.55. The van der Waals surface area contributed by atoms with Crippen molar-refractivity contribution in [3.05, 3.63) is 60.0 Å². The number of nitrogens with one attached hydrogen (secondary N) is 1. The minimum absolute atomic E-state index is 0.350. The molecule has 2 heterocycles. The molecule has 0 spiro atoms. The summed E-state index contributed by atoms with van der Waals surface area (Å²) in [7, 11) is 0. The van der Waals surface area contributed by atoms with Gasteiger partial charge in [-0.2, -0.15) is 0 Å². The van der Waals surface area contributed by atoms with Crippen molar-refractivity contribution in [1.29, 1.82) is 0 Å². The van der Waals surface area contributed by atoms with E-state index < -0.39 is 0 Å². The molecule has 6 heteroatoms. The molecule has 3 aromatic rings. The van der Waals surface area contributed by atoms with Crippen molar-refractivity contribution < 1.29 is 0 Å². The van der Waals surface area contributed by atoms with Gasteiger partial charge in [0.2, 0.25) is 0 Å². The molecule has 0 unspecified atom stereocenters. The summed E-state index contributed by atoms with van der Waals surface area (Å²) in [5.41, 5.74) is 2.67. The fourth-order valence-corrected chi connectivity index (χ4v) is 2.38.